The van der Waals surface area contributed by atoms with Crippen molar-refractivity contribution in [3.8, 4) is 11.5 Å². The van der Waals surface area contributed by atoms with Gasteiger partial charge in [-0.15, -0.1) is 0 Å². The summed E-state index contributed by atoms with van der Waals surface area (Å²) < 4.78 is 11.6. The zero-order chi connectivity index (χ0) is 25.2. The van der Waals surface area contributed by atoms with Crippen LogP contribution in [0.25, 0.3) is 0 Å². The standard InChI is InChI=1S/C30H42ClNO3/c1-5-23-12-9-13-24(17-23)11-7-8-14-26(6-2)30(33)32(20-22(3)4)21-25-18-27(31)29-28(19-25)34-15-10-16-35-29/h9,12-13,17-19,22,26H,5-8,10-11,14-16,20-21H2,1-4H3. The van der Waals surface area contributed by atoms with Crippen molar-refractivity contribution in [2.75, 3.05) is 19.8 Å². The van der Waals surface area contributed by atoms with E-state index in [4.69, 9.17) is 21.1 Å². The highest BCUT2D eigenvalue weighted by atomic mass is 35.5. The average Bonchev–Trinajstić information content (AvgIpc) is 3.09. The summed E-state index contributed by atoms with van der Waals surface area (Å²) >= 11 is 6.52. The van der Waals surface area contributed by atoms with Crippen LogP contribution in [0.4, 0.5) is 0 Å². The molecule has 2 aromatic rings. The molecule has 0 spiro atoms. The number of carbonyl (C=O) groups is 1. The third kappa shape index (κ3) is 8.17. The van der Waals surface area contributed by atoms with E-state index < -0.39 is 0 Å². The minimum atomic E-state index is 0.0478. The fourth-order valence-electron chi connectivity index (χ4n) is 4.75. The normalized spacial score (nSPS) is 14.0. The number of hydrogen-bond donors (Lipinski definition) is 0. The molecule has 0 N–H and O–H groups in total. The van der Waals surface area contributed by atoms with E-state index in [1.165, 1.54) is 11.1 Å². The number of fused-ring (bicyclic) bond motifs is 1. The molecule has 0 fully saturated rings. The lowest BCUT2D eigenvalue weighted by atomic mass is 9.95. The van der Waals surface area contributed by atoms with E-state index in [1.807, 2.05) is 17.0 Å². The Hall–Kier alpha value is -2.20. The van der Waals surface area contributed by atoms with Crippen molar-refractivity contribution in [3.05, 3.63) is 58.1 Å². The Labute approximate surface area is 217 Å². The van der Waals surface area contributed by atoms with Crippen LogP contribution in [0.15, 0.2) is 36.4 Å². The monoisotopic (exact) mass is 499 g/mol. The lowest BCUT2D eigenvalue weighted by Gasteiger charge is -2.29. The first kappa shape index (κ1) is 27.4. The van der Waals surface area contributed by atoms with Crippen LogP contribution in [0.3, 0.4) is 0 Å². The second kappa shape index (κ2) is 13.8. The fraction of sp³-hybridized carbons (Fsp3) is 0.567. The molecule has 1 aliphatic rings. The van der Waals surface area contributed by atoms with E-state index >= 15 is 0 Å². The Kier molecular flexibility index (Phi) is 10.8. The molecule has 192 valence electrons. The summed E-state index contributed by atoms with van der Waals surface area (Å²) in [6.45, 7) is 11.1. The molecule has 1 amide bonds. The Bertz CT molecular complexity index is 959. The number of amides is 1. The van der Waals surface area contributed by atoms with Gasteiger partial charge in [0.05, 0.1) is 18.2 Å². The first-order chi connectivity index (χ1) is 16.9. The van der Waals surface area contributed by atoms with E-state index in [0.29, 0.717) is 42.2 Å². The van der Waals surface area contributed by atoms with Gasteiger partial charge in [-0.25, -0.2) is 0 Å². The summed E-state index contributed by atoms with van der Waals surface area (Å²) in [6.07, 6.45) is 6.94. The van der Waals surface area contributed by atoms with E-state index in [1.54, 1.807) is 0 Å². The zero-order valence-electron chi connectivity index (χ0n) is 21.9. The van der Waals surface area contributed by atoms with Crippen molar-refractivity contribution in [2.45, 2.75) is 79.2 Å². The second-order valence-corrected chi connectivity index (χ2v) is 10.5. The minimum absolute atomic E-state index is 0.0478. The number of hydrogen-bond acceptors (Lipinski definition) is 3. The van der Waals surface area contributed by atoms with Gasteiger partial charge in [-0.3, -0.25) is 4.79 Å². The van der Waals surface area contributed by atoms with Crippen LogP contribution in [0, 0.1) is 11.8 Å². The molecule has 0 bridgehead atoms. The van der Waals surface area contributed by atoms with Crippen LogP contribution in [0.5, 0.6) is 11.5 Å². The third-order valence-electron chi connectivity index (χ3n) is 6.64. The lowest BCUT2D eigenvalue weighted by Crippen LogP contribution is -2.38. The number of aryl methyl sites for hydroxylation is 2. The maximum atomic E-state index is 13.6. The van der Waals surface area contributed by atoms with E-state index in [-0.39, 0.29) is 11.8 Å². The molecular formula is C30H42ClNO3. The first-order valence-electron chi connectivity index (χ1n) is 13.4. The van der Waals surface area contributed by atoms with Gasteiger partial charge in [0.1, 0.15) is 0 Å². The van der Waals surface area contributed by atoms with E-state index in [9.17, 15) is 4.79 Å². The van der Waals surface area contributed by atoms with Gasteiger partial charge in [0.25, 0.3) is 0 Å². The molecule has 1 atom stereocenters. The van der Waals surface area contributed by atoms with Gasteiger partial charge >= 0.3 is 0 Å². The zero-order valence-corrected chi connectivity index (χ0v) is 22.7. The molecule has 0 saturated carbocycles. The van der Waals surface area contributed by atoms with Crippen molar-refractivity contribution in [3.63, 3.8) is 0 Å². The van der Waals surface area contributed by atoms with Crippen molar-refractivity contribution in [1.82, 2.24) is 4.90 Å². The summed E-state index contributed by atoms with van der Waals surface area (Å²) in [4.78, 5) is 15.6. The second-order valence-electron chi connectivity index (χ2n) is 10.1. The topological polar surface area (TPSA) is 38.8 Å². The molecule has 0 aromatic heterocycles. The molecule has 0 saturated heterocycles. The average molecular weight is 500 g/mol. The molecule has 5 heteroatoms. The van der Waals surface area contributed by atoms with Crippen LogP contribution < -0.4 is 9.47 Å². The molecule has 1 heterocycles. The van der Waals surface area contributed by atoms with Crippen LogP contribution >= 0.6 is 11.6 Å². The van der Waals surface area contributed by atoms with Crippen molar-refractivity contribution < 1.29 is 14.3 Å². The molecule has 2 aromatic carbocycles. The number of benzene rings is 2. The van der Waals surface area contributed by atoms with Crippen LogP contribution in [-0.4, -0.2) is 30.6 Å². The highest BCUT2D eigenvalue weighted by Gasteiger charge is 2.25. The van der Waals surface area contributed by atoms with Gasteiger partial charge in [-0.1, -0.05) is 70.0 Å². The van der Waals surface area contributed by atoms with E-state index in [2.05, 4.69) is 52.0 Å². The van der Waals surface area contributed by atoms with Crippen LogP contribution in [-0.2, 0) is 24.2 Å². The highest BCUT2D eigenvalue weighted by molar-refractivity contribution is 6.32. The quantitative estimate of drug-likeness (QED) is 0.284. The SMILES string of the molecule is CCc1cccc(CCCCC(CC)C(=O)N(Cc2cc(Cl)c3c(c2)OCCCO3)CC(C)C)c1. The largest absolute Gasteiger partial charge is 0.489 e. The maximum Gasteiger partial charge on any atom is 0.225 e. The predicted octanol–water partition coefficient (Wildman–Crippen LogP) is 7.49. The fourth-order valence-corrected chi connectivity index (χ4v) is 5.04. The molecule has 4 nitrogen and oxygen atoms in total. The molecule has 3 rings (SSSR count). The van der Waals surface area contributed by atoms with Gasteiger partial charge in [-0.2, -0.15) is 0 Å². The summed E-state index contributed by atoms with van der Waals surface area (Å²) in [6, 6.07) is 12.8. The number of rotatable bonds is 12. The molecule has 1 aliphatic heterocycles. The summed E-state index contributed by atoms with van der Waals surface area (Å²) in [5, 5.41) is 0.551. The van der Waals surface area contributed by atoms with Crippen LogP contribution in [0.2, 0.25) is 5.02 Å². The number of nitrogens with zero attached hydrogens (tertiary/aromatic N) is 1. The molecule has 0 radical (unpaired) electrons. The summed E-state index contributed by atoms with van der Waals surface area (Å²) in [5.41, 5.74) is 3.78. The van der Waals surface area contributed by atoms with Crippen molar-refractivity contribution in [2.24, 2.45) is 11.8 Å². The number of halogens is 1. The molecule has 0 aliphatic carbocycles. The highest BCUT2D eigenvalue weighted by Crippen LogP contribution is 2.38. The Morgan fingerprint density at radius 2 is 1.80 bits per heavy atom. The third-order valence-corrected chi connectivity index (χ3v) is 6.92. The van der Waals surface area contributed by atoms with Crippen molar-refractivity contribution in [1.29, 1.82) is 0 Å². The van der Waals surface area contributed by atoms with Gasteiger partial charge in [0.15, 0.2) is 11.5 Å². The lowest BCUT2D eigenvalue weighted by molar-refractivity contribution is -0.137. The Balaban J connectivity index is 1.63. The Morgan fingerprint density at radius 3 is 2.54 bits per heavy atom. The van der Waals surface area contributed by atoms with E-state index in [0.717, 1.165) is 57.1 Å². The number of carbonyl (C=O) groups excluding carboxylic acids is 1. The number of unbranched alkanes of at least 4 members (excludes halogenated alkanes) is 1. The van der Waals surface area contributed by atoms with Gasteiger partial charge in [-0.05, 0) is 66.8 Å². The molecule has 35 heavy (non-hydrogen) atoms. The maximum absolute atomic E-state index is 13.6. The summed E-state index contributed by atoms with van der Waals surface area (Å²) in [5.74, 6) is 1.98. The Morgan fingerprint density at radius 1 is 1.03 bits per heavy atom. The minimum Gasteiger partial charge on any atom is -0.489 e. The summed E-state index contributed by atoms with van der Waals surface area (Å²) in [7, 11) is 0. The van der Waals surface area contributed by atoms with Gasteiger partial charge in [0.2, 0.25) is 5.91 Å². The smallest absolute Gasteiger partial charge is 0.225 e. The first-order valence-corrected chi connectivity index (χ1v) is 13.7. The predicted molar refractivity (Wildman–Crippen MR) is 144 cm³/mol. The molecular weight excluding hydrogens is 458 g/mol. The molecule has 1 unspecified atom stereocenters. The van der Waals surface area contributed by atoms with Crippen LogP contribution in [0.1, 0.15) is 76.5 Å². The van der Waals surface area contributed by atoms with Gasteiger partial charge < -0.3 is 14.4 Å². The number of ether oxygens (including phenoxy) is 2. The van der Waals surface area contributed by atoms with Crippen molar-refractivity contribution >= 4 is 17.5 Å². The van der Waals surface area contributed by atoms with Gasteiger partial charge in [0, 0.05) is 25.4 Å².